The zero-order valence-electron chi connectivity index (χ0n) is 14.3. The molecule has 6 heteroatoms. The highest BCUT2D eigenvalue weighted by Crippen LogP contribution is 2.31. The number of fused-ring (bicyclic) bond motifs is 1. The molecule has 2 amide bonds. The molecule has 6 nitrogen and oxygen atoms in total. The number of benzene rings is 2. The summed E-state index contributed by atoms with van der Waals surface area (Å²) in [6.45, 7) is 2.81. The molecule has 3 rings (SSSR count). The smallest absolute Gasteiger partial charge is 0.323 e. The number of carbonyl (C=O) groups excluding carboxylic acids is 2. The van der Waals surface area contributed by atoms with E-state index in [0.717, 1.165) is 4.90 Å². The maximum absolute atomic E-state index is 12.8. The van der Waals surface area contributed by atoms with Gasteiger partial charge in [-0.1, -0.05) is 18.2 Å². The molecule has 0 atom stereocenters. The third-order valence-electron chi connectivity index (χ3n) is 4.29. The van der Waals surface area contributed by atoms with Crippen LogP contribution in [0.5, 0.6) is 5.75 Å². The number of hydrogen-bond acceptors (Lipinski definition) is 4. The Morgan fingerprint density at radius 2 is 1.62 bits per heavy atom. The van der Waals surface area contributed by atoms with Gasteiger partial charge in [-0.15, -0.1) is 0 Å². The molecule has 0 bridgehead atoms. The fourth-order valence-corrected chi connectivity index (χ4v) is 3.06. The Labute approximate surface area is 150 Å². The number of aromatic hydroxyl groups is 1. The molecule has 1 heterocycles. The molecule has 2 N–H and O–H groups in total. The summed E-state index contributed by atoms with van der Waals surface area (Å²) in [7, 11) is 0. The average molecular weight is 351 g/mol. The summed E-state index contributed by atoms with van der Waals surface area (Å²) in [6, 6.07) is 10.1. The van der Waals surface area contributed by atoms with Gasteiger partial charge in [0.05, 0.1) is 0 Å². The van der Waals surface area contributed by atoms with Gasteiger partial charge in [0.2, 0.25) is 0 Å². The summed E-state index contributed by atoms with van der Waals surface area (Å²) in [5, 5.41) is 19.0. The lowest BCUT2D eigenvalue weighted by Crippen LogP contribution is -2.44. The number of nitrogens with zero attached hydrogens (tertiary/aromatic N) is 1. The Balaban J connectivity index is 2.18. The van der Waals surface area contributed by atoms with Crippen LogP contribution >= 0.6 is 0 Å². The number of carboxylic acid groups (broad SMARTS) is 1. The predicted molar refractivity (Wildman–Crippen MR) is 95.6 cm³/mol. The monoisotopic (exact) mass is 351 g/mol. The van der Waals surface area contributed by atoms with Gasteiger partial charge in [0, 0.05) is 11.1 Å². The molecular formula is C20H17NO5. The van der Waals surface area contributed by atoms with E-state index in [2.05, 4.69) is 0 Å². The summed E-state index contributed by atoms with van der Waals surface area (Å²) < 4.78 is 0. The van der Waals surface area contributed by atoms with Crippen LogP contribution in [0.15, 0.2) is 36.4 Å². The second-order valence-electron chi connectivity index (χ2n) is 6.20. The van der Waals surface area contributed by atoms with Gasteiger partial charge in [-0.2, -0.15) is 0 Å². The van der Waals surface area contributed by atoms with E-state index in [1.54, 1.807) is 56.3 Å². The Kier molecular flexibility index (Phi) is 4.34. The van der Waals surface area contributed by atoms with Crippen LogP contribution < -0.4 is 0 Å². The molecule has 0 unspecified atom stereocenters. The van der Waals surface area contributed by atoms with E-state index in [9.17, 15) is 19.5 Å². The molecule has 0 aliphatic carbocycles. The molecule has 0 saturated carbocycles. The lowest BCUT2D eigenvalue weighted by atomic mass is 9.91. The summed E-state index contributed by atoms with van der Waals surface area (Å²) >= 11 is 0. The van der Waals surface area contributed by atoms with Gasteiger partial charge in [-0.3, -0.25) is 19.3 Å². The minimum atomic E-state index is -1.26. The van der Waals surface area contributed by atoms with Gasteiger partial charge in [-0.05, 0) is 60.4 Å². The molecule has 0 spiro atoms. The standard InChI is InChI=1S/C20H17NO5/c1-11-7-13(8-12(2)18(11)24)9-16-14-5-3-4-6-15(14)19(25)21(20(16)26)10-17(22)23/h3-9,24H,10H2,1-2H3,(H,22,23)/b16-9-. The van der Waals surface area contributed by atoms with E-state index in [1.165, 1.54) is 0 Å². The molecule has 132 valence electrons. The predicted octanol–water partition coefficient (Wildman–Crippen LogP) is 2.62. The van der Waals surface area contributed by atoms with Gasteiger partial charge in [0.1, 0.15) is 12.3 Å². The highest BCUT2D eigenvalue weighted by Gasteiger charge is 2.35. The summed E-state index contributed by atoms with van der Waals surface area (Å²) in [4.78, 5) is 37.1. The van der Waals surface area contributed by atoms with Gasteiger partial charge in [0.25, 0.3) is 11.8 Å². The summed E-state index contributed by atoms with van der Waals surface area (Å²) in [5.41, 5.74) is 2.99. The normalized spacial score (nSPS) is 15.3. The maximum atomic E-state index is 12.8. The second kappa shape index (κ2) is 6.48. The van der Waals surface area contributed by atoms with Crippen molar-refractivity contribution < 1.29 is 24.6 Å². The average Bonchev–Trinajstić information content (AvgIpc) is 2.60. The molecule has 1 aliphatic heterocycles. The number of hydrogen-bond donors (Lipinski definition) is 2. The van der Waals surface area contributed by atoms with Crippen molar-refractivity contribution in [1.29, 1.82) is 0 Å². The van der Waals surface area contributed by atoms with Crippen molar-refractivity contribution >= 4 is 29.4 Å². The van der Waals surface area contributed by atoms with E-state index in [0.29, 0.717) is 22.3 Å². The fraction of sp³-hybridized carbons (Fsp3) is 0.150. The Bertz CT molecular complexity index is 951. The van der Waals surface area contributed by atoms with E-state index in [1.807, 2.05) is 0 Å². The third-order valence-corrected chi connectivity index (χ3v) is 4.29. The largest absolute Gasteiger partial charge is 0.507 e. The Morgan fingerprint density at radius 1 is 1.04 bits per heavy atom. The van der Waals surface area contributed by atoms with Crippen LogP contribution in [0, 0.1) is 13.8 Å². The van der Waals surface area contributed by atoms with Gasteiger partial charge in [0.15, 0.2) is 0 Å². The lowest BCUT2D eigenvalue weighted by molar-refractivity contribution is -0.141. The number of carbonyl (C=O) groups is 3. The van der Waals surface area contributed by atoms with Crippen LogP contribution in [0.3, 0.4) is 0 Å². The first-order valence-corrected chi connectivity index (χ1v) is 7.99. The van der Waals surface area contributed by atoms with Crippen molar-refractivity contribution in [3.8, 4) is 5.75 Å². The highest BCUT2D eigenvalue weighted by molar-refractivity contribution is 6.34. The topological polar surface area (TPSA) is 94.9 Å². The molecule has 0 fully saturated rings. The minimum Gasteiger partial charge on any atom is -0.507 e. The lowest BCUT2D eigenvalue weighted by Gasteiger charge is -2.27. The minimum absolute atomic E-state index is 0.185. The quantitative estimate of drug-likeness (QED) is 0.655. The zero-order valence-corrected chi connectivity index (χ0v) is 14.3. The van der Waals surface area contributed by atoms with Crippen molar-refractivity contribution in [3.63, 3.8) is 0 Å². The molecule has 0 saturated heterocycles. The number of rotatable bonds is 3. The molecule has 26 heavy (non-hydrogen) atoms. The number of imide groups is 1. The number of amides is 2. The van der Waals surface area contributed by atoms with E-state index in [-0.39, 0.29) is 16.9 Å². The molecule has 0 aromatic heterocycles. The molecule has 2 aromatic rings. The first-order chi connectivity index (χ1) is 12.3. The number of aliphatic carboxylic acids is 1. The van der Waals surface area contributed by atoms with Crippen LogP contribution in [0.4, 0.5) is 0 Å². The third kappa shape index (κ3) is 2.97. The number of aryl methyl sites for hydroxylation is 2. The Hall–Kier alpha value is -3.41. The van der Waals surface area contributed by atoms with Crippen molar-refractivity contribution in [3.05, 3.63) is 64.2 Å². The first-order valence-electron chi connectivity index (χ1n) is 7.99. The van der Waals surface area contributed by atoms with E-state index in [4.69, 9.17) is 5.11 Å². The number of carboxylic acids is 1. The Morgan fingerprint density at radius 3 is 2.19 bits per heavy atom. The number of phenolic OH excluding ortho intramolecular Hbond substituents is 1. The summed E-state index contributed by atoms with van der Waals surface area (Å²) in [6.07, 6.45) is 1.61. The maximum Gasteiger partial charge on any atom is 0.323 e. The molecular weight excluding hydrogens is 334 g/mol. The van der Waals surface area contributed by atoms with Gasteiger partial charge >= 0.3 is 5.97 Å². The van der Waals surface area contributed by atoms with Crippen LogP contribution in [0.25, 0.3) is 11.6 Å². The summed E-state index contributed by atoms with van der Waals surface area (Å²) in [5.74, 6) is -2.35. The van der Waals surface area contributed by atoms with Crippen LogP contribution in [0.1, 0.15) is 32.6 Å². The zero-order chi connectivity index (χ0) is 19.0. The second-order valence-corrected chi connectivity index (χ2v) is 6.20. The van der Waals surface area contributed by atoms with Crippen molar-refractivity contribution in [2.24, 2.45) is 0 Å². The van der Waals surface area contributed by atoms with Crippen molar-refractivity contribution in [2.45, 2.75) is 13.8 Å². The van der Waals surface area contributed by atoms with Crippen molar-refractivity contribution in [1.82, 2.24) is 4.90 Å². The van der Waals surface area contributed by atoms with Gasteiger partial charge < -0.3 is 10.2 Å². The molecule has 2 aromatic carbocycles. The van der Waals surface area contributed by atoms with Crippen LogP contribution in [0.2, 0.25) is 0 Å². The van der Waals surface area contributed by atoms with Crippen molar-refractivity contribution in [2.75, 3.05) is 6.54 Å². The highest BCUT2D eigenvalue weighted by atomic mass is 16.4. The van der Waals surface area contributed by atoms with E-state index >= 15 is 0 Å². The SMILES string of the molecule is Cc1cc(/C=C2\C(=O)N(CC(=O)O)C(=O)c3ccccc32)cc(C)c1O. The molecule has 1 aliphatic rings. The fourth-order valence-electron chi connectivity index (χ4n) is 3.06. The number of phenols is 1. The van der Waals surface area contributed by atoms with Crippen LogP contribution in [-0.2, 0) is 9.59 Å². The van der Waals surface area contributed by atoms with Crippen LogP contribution in [-0.4, -0.2) is 39.4 Å². The first kappa shape index (κ1) is 17.4. The van der Waals surface area contributed by atoms with Gasteiger partial charge in [-0.25, -0.2) is 0 Å². The van der Waals surface area contributed by atoms with E-state index < -0.39 is 24.3 Å². The molecule has 0 radical (unpaired) electrons.